The Kier molecular flexibility index (Phi) is 10.2. The van der Waals surface area contributed by atoms with Gasteiger partial charge in [-0.3, -0.25) is 0 Å². The van der Waals surface area contributed by atoms with Gasteiger partial charge in [-0.1, -0.05) is 200 Å². The summed E-state index contributed by atoms with van der Waals surface area (Å²) in [6.07, 6.45) is 0. The van der Waals surface area contributed by atoms with Crippen molar-refractivity contribution >= 4 is 0 Å². The molecule has 0 aliphatic carbocycles. The largest absolute Gasteiger partial charge is 0.208 e. The standard InChI is InChI=1S/C55H35N7/c56-36-37-17-16-24-43(35-37)38-31-33-42(34-32-38)53-58-52(41-22-8-3-9-23-41)61-55(62-53)49-30-15-13-28-47(49)45-26-11-10-25-44(45)46-27-12-14-29-48(46)54-59-50(39-18-4-1-5-19-39)57-51(60-54)40-20-6-2-7-21-40/h1-35H. The van der Waals surface area contributed by atoms with Crippen molar-refractivity contribution < 1.29 is 0 Å². The van der Waals surface area contributed by atoms with Crippen LogP contribution in [0.3, 0.4) is 0 Å². The Morgan fingerprint density at radius 3 is 0.919 bits per heavy atom. The number of nitriles is 1. The lowest BCUT2D eigenvalue weighted by molar-refractivity contribution is 1.07. The van der Waals surface area contributed by atoms with Gasteiger partial charge in [0, 0.05) is 33.4 Å². The molecule has 0 radical (unpaired) electrons. The van der Waals surface area contributed by atoms with Gasteiger partial charge in [0.2, 0.25) is 0 Å². The van der Waals surface area contributed by atoms with Crippen LogP contribution in [0.25, 0.3) is 102 Å². The van der Waals surface area contributed by atoms with Crippen molar-refractivity contribution in [1.82, 2.24) is 29.9 Å². The zero-order valence-electron chi connectivity index (χ0n) is 33.3. The number of hydrogen-bond acceptors (Lipinski definition) is 7. The van der Waals surface area contributed by atoms with Crippen LogP contribution in [0.4, 0.5) is 0 Å². The topological polar surface area (TPSA) is 101 Å². The summed E-state index contributed by atoms with van der Waals surface area (Å²) in [4.78, 5) is 30.5. The zero-order chi connectivity index (χ0) is 41.7. The Balaban J connectivity index is 1.11. The lowest BCUT2D eigenvalue weighted by Crippen LogP contribution is -2.02. The van der Waals surface area contributed by atoms with E-state index in [0.717, 1.165) is 66.8 Å². The van der Waals surface area contributed by atoms with Crippen LogP contribution in [0.15, 0.2) is 212 Å². The van der Waals surface area contributed by atoms with E-state index in [1.165, 1.54) is 0 Å². The van der Waals surface area contributed by atoms with E-state index in [1.807, 2.05) is 158 Å². The van der Waals surface area contributed by atoms with Gasteiger partial charge in [-0.05, 0) is 45.5 Å². The second-order valence-corrected chi connectivity index (χ2v) is 14.6. The Labute approximate surface area is 359 Å². The highest BCUT2D eigenvalue weighted by Gasteiger charge is 2.21. The molecule has 10 aromatic rings. The lowest BCUT2D eigenvalue weighted by Gasteiger charge is -2.17. The van der Waals surface area contributed by atoms with E-state index in [1.54, 1.807) is 0 Å². The fraction of sp³-hybridized carbons (Fsp3) is 0. The van der Waals surface area contributed by atoms with Crippen molar-refractivity contribution in [3.63, 3.8) is 0 Å². The third-order valence-corrected chi connectivity index (χ3v) is 10.7. The van der Waals surface area contributed by atoms with Gasteiger partial charge in [0.05, 0.1) is 11.6 Å². The van der Waals surface area contributed by atoms with Crippen LogP contribution in [-0.2, 0) is 0 Å². The average Bonchev–Trinajstić information content (AvgIpc) is 3.37. The first-order chi connectivity index (χ1) is 30.7. The van der Waals surface area contributed by atoms with Crippen molar-refractivity contribution in [1.29, 1.82) is 5.26 Å². The smallest absolute Gasteiger partial charge is 0.164 e. The van der Waals surface area contributed by atoms with E-state index in [4.69, 9.17) is 29.9 Å². The highest BCUT2D eigenvalue weighted by atomic mass is 15.0. The first-order valence-corrected chi connectivity index (χ1v) is 20.3. The Morgan fingerprint density at radius 2 is 0.532 bits per heavy atom. The number of nitrogens with zero attached hydrogens (tertiary/aromatic N) is 7. The van der Waals surface area contributed by atoms with Crippen molar-refractivity contribution in [2.45, 2.75) is 0 Å². The Bertz CT molecular complexity index is 3180. The molecule has 2 aromatic heterocycles. The van der Waals surface area contributed by atoms with E-state index in [9.17, 15) is 5.26 Å². The Morgan fingerprint density at radius 1 is 0.242 bits per heavy atom. The normalized spacial score (nSPS) is 10.9. The summed E-state index contributed by atoms with van der Waals surface area (Å²) in [7, 11) is 0. The summed E-state index contributed by atoms with van der Waals surface area (Å²) in [5, 5.41) is 9.48. The fourth-order valence-electron chi connectivity index (χ4n) is 7.63. The van der Waals surface area contributed by atoms with Gasteiger partial charge in [0.1, 0.15) is 0 Å². The molecule has 0 aliphatic rings. The van der Waals surface area contributed by atoms with Crippen LogP contribution < -0.4 is 0 Å². The first-order valence-electron chi connectivity index (χ1n) is 20.3. The molecule has 7 nitrogen and oxygen atoms in total. The highest BCUT2D eigenvalue weighted by molar-refractivity contribution is 5.94. The van der Waals surface area contributed by atoms with Gasteiger partial charge in [0.25, 0.3) is 0 Å². The molecule has 10 rings (SSSR count). The second kappa shape index (κ2) is 16.9. The van der Waals surface area contributed by atoms with E-state index >= 15 is 0 Å². The van der Waals surface area contributed by atoms with Crippen LogP contribution in [0.5, 0.6) is 0 Å². The van der Waals surface area contributed by atoms with Gasteiger partial charge in [-0.25, -0.2) is 29.9 Å². The second-order valence-electron chi connectivity index (χ2n) is 14.6. The third-order valence-electron chi connectivity index (χ3n) is 10.7. The molecule has 0 saturated heterocycles. The predicted molar refractivity (Wildman–Crippen MR) is 247 cm³/mol. The molecule has 2 heterocycles. The van der Waals surface area contributed by atoms with Gasteiger partial charge in [0.15, 0.2) is 34.9 Å². The minimum absolute atomic E-state index is 0.552. The fourth-order valence-corrected chi connectivity index (χ4v) is 7.63. The molecule has 0 N–H and O–H groups in total. The Hall–Kier alpha value is -8.73. The monoisotopic (exact) mass is 793 g/mol. The summed E-state index contributed by atoms with van der Waals surface area (Å²) >= 11 is 0. The van der Waals surface area contributed by atoms with Gasteiger partial charge < -0.3 is 0 Å². The molecule has 0 atom stereocenters. The summed E-state index contributed by atoms with van der Waals surface area (Å²) < 4.78 is 0. The van der Waals surface area contributed by atoms with E-state index in [0.29, 0.717) is 40.5 Å². The van der Waals surface area contributed by atoms with Crippen LogP contribution in [0.2, 0.25) is 0 Å². The van der Waals surface area contributed by atoms with E-state index in [-0.39, 0.29) is 0 Å². The summed E-state index contributed by atoms with van der Waals surface area (Å²) in [6.45, 7) is 0. The first kappa shape index (κ1) is 37.5. The maximum atomic E-state index is 9.48. The highest BCUT2D eigenvalue weighted by Crippen LogP contribution is 2.41. The van der Waals surface area contributed by atoms with Gasteiger partial charge >= 0.3 is 0 Å². The average molecular weight is 794 g/mol. The van der Waals surface area contributed by atoms with Crippen molar-refractivity contribution in [2.75, 3.05) is 0 Å². The van der Waals surface area contributed by atoms with E-state index < -0.39 is 0 Å². The van der Waals surface area contributed by atoms with Gasteiger partial charge in [-0.2, -0.15) is 5.26 Å². The molecular weight excluding hydrogens is 759 g/mol. The minimum atomic E-state index is 0.552. The maximum absolute atomic E-state index is 9.48. The molecule has 0 fully saturated rings. The van der Waals surface area contributed by atoms with Crippen LogP contribution >= 0.6 is 0 Å². The maximum Gasteiger partial charge on any atom is 0.164 e. The molecule has 8 aromatic carbocycles. The third kappa shape index (κ3) is 7.63. The molecular formula is C55H35N7. The molecule has 290 valence electrons. The molecule has 62 heavy (non-hydrogen) atoms. The van der Waals surface area contributed by atoms with E-state index in [2.05, 4.69) is 60.7 Å². The van der Waals surface area contributed by atoms with Crippen LogP contribution in [0.1, 0.15) is 5.56 Å². The van der Waals surface area contributed by atoms with Gasteiger partial charge in [-0.15, -0.1) is 0 Å². The van der Waals surface area contributed by atoms with Crippen LogP contribution in [-0.4, -0.2) is 29.9 Å². The molecule has 0 spiro atoms. The van der Waals surface area contributed by atoms with Crippen LogP contribution in [0, 0.1) is 11.3 Å². The molecule has 0 aliphatic heterocycles. The number of hydrogen-bond donors (Lipinski definition) is 0. The molecule has 0 amide bonds. The SMILES string of the molecule is N#Cc1cccc(-c2ccc(-c3nc(-c4ccccc4)nc(-c4ccccc4-c4ccccc4-c4ccccc4-c4nc(-c5ccccc5)nc(-c5ccccc5)n4)n3)cc2)c1. The summed E-state index contributed by atoms with van der Waals surface area (Å²) in [6, 6.07) is 72.9. The molecule has 7 heteroatoms. The number of benzene rings is 8. The molecule has 0 bridgehead atoms. The van der Waals surface area contributed by atoms with Crippen molar-refractivity contribution in [2.24, 2.45) is 0 Å². The van der Waals surface area contributed by atoms with Crippen molar-refractivity contribution in [3.05, 3.63) is 218 Å². The molecule has 0 saturated carbocycles. The quantitative estimate of drug-likeness (QED) is 0.143. The summed E-state index contributed by atoms with van der Waals surface area (Å²) in [5.74, 6) is 3.46. The summed E-state index contributed by atoms with van der Waals surface area (Å²) in [5.41, 5.74) is 11.8. The number of rotatable bonds is 9. The zero-order valence-corrected chi connectivity index (χ0v) is 33.3. The lowest BCUT2D eigenvalue weighted by atomic mass is 9.89. The number of aromatic nitrogens is 6. The predicted octanol–water partition coefficient (Wildman–Crippen LogP) is 12.9. The minimum Gasteiger partial charge on any atom is -0.208 e. The van der Waals surface area contributed by atoms with Crippen molar-refractivity contribution in [3.8, 4) is 108 Å². The molecule has 0 unspecified atom stereocenters.